The molecule has 6 aromatic rings. The monoisotopic (exact) mass is 677 g/mol. The van der Waals surface area contributed by atoms with Crippen molar-refractivity contribution in [3.05, 3.63) is 152 Å². The SMILES string of the molecule is CC(=Nn1c(-c2ccccc2)ccc1-c1ccccc1)C(C)=Nn1c(-c2ccccc2)ccc1-c1ccccc1.COC(=O)[C-](C)C.[Ni+2]. The van der Waals surface area contributed by atoms with E-state index in [-0.39, 0.29) is 22.5 Å². The normalized spacial score (nSPS) is 11.2. The van der Waals surface area contributed by atoms with Crippen molar-refractivity contribution in [1.82, 2.24) is 9.35 Å². The van der Waals surface area contributed by atoms with Crippen LogP contribution in [0, 0.1) is 5.92 Å². The minimum atomic E-state index is -0.236. The van der Waals surface area contributed by atoms with Gasteiger partial charge in [-0.05, 0) is 38.1 Å². The molecule has 2 heterocycles. The summed E-state index contributed by atoms with van der Waals surface area (Å²) in [6, 6.07) is 50.0. The fourth-order valence-electron chi connectivity index (χ4n) is 5.03. The van der Waals surface area contributed by atoms with E-state index < -0.39 is 0 Å². The van der Waals surface area contributed by atoms with Gasteiger partial charge < -0.3 is 4.74 Å². The van der Waals surface area contributed by atoms with Crippen molar-refractivity contribution in [3.63, 3.8) is 0 Å². The zero-order valence-electron chi connectivity index (χ0n) is 27.8. The Morgan fingerprint density at radius 1 is 0.500 bits per heavy atom. The molecule has 0 fully saturated rings. The quantitative estimate of drug-likeness (QED) is 0.0697. The number of hydrogen-bond donors (Lipinski definition) is 0. The molecule has 0 N–H and O–H groups in total. The summed E-state index contributed by atoms with van der Waals surface area (Å²) < 4.78 is 8.40. The van der Waals surface area contributed by atoms with Gasteiger partial charge in [0.25, 0.3) is 0 Å². The van der Waals surface area contributed by atoms with E-state index in [2.05, 4.69) is 126 Å². The molecular formula is C41H39N4NiO2+. The predicted octanol–water partition coefficient (Wildman–Crippen LogP) is 9.88. The number of carbonyl (C=O) groups excluding carboxylic acids is 1. The largest absolute Gasteiger partial charge is 2.00 e. The zero-order valence-corrected chi connectivity index (χ0v) is 28.8. The second kappa shape index (κ2) is 17.0. The smallest absolute Gasteiger partial charge is 0.491 e. The molecule has 6 nitrogen and oxygen atoms in total. The molecule has 0 bridgehead atoms. The number of rotatable bonds is 8. The van der Waals surface area contributed by atoms with E-state index in [0.717, 1.165) is 56.5 Å². The molecule has 0 aliphatic carbocycles. The number of aromatic nitrogens is 2. The molecule has 0 atom stereocenters. The first-order valence-corrected chi connectivity index (χ1v) is 15.5. The van der Waals surface area contributed by atoms with Gasteiger partial charge in [0.05, 0.1) is 41.3 Å². The minimum Gasteiger partial charge on any atom is -0.491 e. The van der Waals surface area contributed by atoms with Crippen LogP contribution in [0.1, 0.15) is 27.7 Å². The molecule has 244 valence electrons. The molecule has 48 heavy (non-hydrogen) atoms. The summed E-state index contributed by atoms with van der Waals surface area (Å²) >= 11 is 0. The Morgan fingerprint density at radius 2 is 0.750 bits per heavy atom. The van der Waals surface area contributed by atoms with Crippen molar-refractivity contribution in [2.75, 3.05) is 7.11 Å². The van der Waals surface area contributed by atoms with Crippen LogP contribution in [0.2, 0.25) is 0 Å². The molecule has 6 rings (SSSR count). The van der Waals surface area contributed by atoms with Crippen molar-refractivity contribution in [3.8, 4) is 45.0 Å². The molecule has 0 unspecified atom stereocenters. The van der Waals surface area contributed by atoms with Gasteiger partial charge in [-0.2, -0.15) is 24.1 Å². The van der Waals surface area contributed by atoms with E-state index in [9.17, 15) is 4.79 Å². The molecule has 2 aromatic heterocycles. The van der Waals surface area contributed by atoms with Crippen LogP contribution in [0.3, 0.4) is 0 Å². The number of nitrogens with zero attached hydrogens (tertiary/aromatic N) is 4. The van der Waals surface area contributed by atoms with Crippen molar-refractivity contribution in [1.29, 1.82) is 0 Å². The number of hydrogen-bond acceptors (Lipinski definition) is 4. The molecule has 0 spiro atoms. The summed E-state index contributed by atoms with van der Waals surface area (Å²) in [5, 5.41) is 10.3. The van der Waals surface area contributed by atoms with Crippen molar-refractivity contribution >= 4 is 17.4 Å². The molecule has 0 saturated heterocycles. The average molecular weight is 678 g/mol. The number of esters is 1. The van der Waals surface area contributed by atoms with Crippen molar-refractivity contribution in [2.24, 2.45) is 10.2 Å². The summed E-state index contributed by atoms with van der Waals surface area (Å²) in [5.74, 6) is 0.447. The van der Waals surface area contributed by atoms with Crippen LogP contribution in [0.4, 0.5) is 0 Å². The second-order valence-electron chi connectivity index (χ2n) is 11.2. The van der Waals surface area contributed by atoms with E-state index in [0.29, 0.717) is 5.92 Å². The molecule has 0 aliphatic heterocycles. The summed E-state index contributed by atoms with van der Waals surface area (Å²) in [7, 11) is 1.37. The van der Waals surface area contributed by atoms with Crippen LogP contribution in [0.15, 0.2) is 156 Å². The third-order valence-electron chi connectivity index (χ3n) is 7.61. The van der Waals surface area contributed by atoms with Gasteiger partial charge in [-0.1, -0.05) is 121 Å². The summed E-state index contributed by atoms with van der Waals surface area (Å²) in [4.78, 5) is 10.3. The fraction of sp³-hybridized carbons (Fsp3) is 0.122. The van der Waals surface area contributed by atoms with Crippen molar-refractivity contribution in [2.45, 2.75) is 27.7 Å². The molecule has 0 amide bonds. The van der Waals surface area contributed by atoms with Gasteiger partial charge in [0.1, 0.15) is 0 Å². The fourth-order valence-corrected chi connectivity index (χ4v) is 5.03. The molecule has 0 aliphatic rings. The molecule has 0 radical (unpaired) electrons. The van der Waals surface area contributed by atoms with E-state index in [4.69, 9.17) is 10.2 Å². The second-order valence-corrected chi connectivity index (χ2v) is 11.2. The Labute approximate surface area is 293 Å². The standard InChI is InChI=1S/C36H30N4.C5H9O2.Ni/c1-27(37-39-33(29-15-7-3-8-16-29)23-24-34(39)30-17-9-4-10-18-30)28(2)38-40-35(31-19-11-5-12-20-31)25-26-36(40)32-21-13-6-14-22-32;1-4(2)5(6)7-3;/h3-26H,1-2H3;1-3H3;/q;-1;+2. The number of carbonyl (C=O) groups is 1. The number of benzene rings is 4. The third-order valence-corrected chi connectivity index (χ3v) is 7.61. The molecule has 7 heteroatoms. The van der Waals surface area contributed by atoms with Gasteiger partial charge in [0.2, 0.25) is 0 Å². The first-order valence-electron chi connectivity index (χ1n) is 15.5. The van der Waals surface area contributed by atoms with E-state index in [1.807, 2.05) is 47.5 Å². The summed E-state index contributed by atoms with van der Waals surface area (Å²) in [5.41, 5.74) is 10.2. The number of methoxy groups -OCH3 is 1. The zero-order chi connectivity index (χ0) is 33.2. The van der Waals surface area contributed by atoms with Gasteiger partial charge in [-0.25, -0.2) is 9.35 Å². The van der Waals surface area contributed by atoms with Gasteiger partial charge in [0, 0.05) is 22.3 Å². The Kier molecular flexibility index (Phi) is 12.5. The average Bonchev–Trinajstić information content (AvgIpc) is 3.74. The summed E-state index contributed by atoms with van der Waals surface area (Å²) in [6.07, 6.45) is 0. The van der Waals surface area contributed by atoms with Crippen LogP contribution in [-0.4, -0.2) is 33.9 Å². The molecule has 0 saturated carbocycles. The maximum atomic E-state index is 10.3. The molecule has 4 aromatic carbocycles. The van der Waals surface area contributed by atoms with Gasteiger partial charge in [-0.3, -0.25) is 10.7 Å². The Morgan fingerprint density at radius 3 is 0.938 bits per heavy atom. The number of ether oxygens (including phenoxy) is 1. The topological polar surface area (TPSA) is 60.9 Å². The van der Waals surface area contributed by atoms with E-state index >= 15 is 0 Å². The third kappa shape index (κ3) is 8.50. The van der Waals surface area contributed by atoms with Gasteiger partial charge >= 0.3 is 16.5 Å². The Balaban J connectivity index is 0.000000589. The van der Waals surface area contributed by atoms with Crippen LogP contribution >= 0.6 is 0 Å². The van der Waals surface area contributed by atoms with Crippen LogP contribution in [0.5, 0.6) is 0 Å². The molecular weight excluding hydrogens is 639 g/mol. The van der Waals surface area contributed by atoms with E-state index in [1.165, 1.54) is 7.11 Å². The predicted molar refractivity (Wildman–Crippen MR) is 194 cm³/mol. The maximum absolute atomic E-state index is 10.3. The Hall–Kier alpha value is -5.39. The first-order chi connectivity index (χ1) is 22.9. The van der Waals surface area contributed by atoms with Crippen molar-refractivity contribution < 1.29 is 26.0 Å². The van der Waals surface area contributed by atoms with E-state index in [1.54, 1.807) is 13.8 Å². The summed E-state index contributed by atoms with van der Waals surface area (Å²) in [6.45, 7) is 7.48. The van der Waals surface area contributed by atoms with Gasteiger partial charge in [0.15, 0.2) is 5.97 Å². The van der Waals surface area contributed by atoms with Gasteiger partial charge in [-0.15, -0.1) is 0 Å². The first kappa shape index (κ1) is 35.5. The Bertz CT molecular complexity index is 1710. The maximum Gasteiger partial charge on any atom is 2.00 e. The minimum absolute atomic E-state index is 0. The van der Waals surface area contributed by atoms with Crippen LogP contribution in [-0.2, 0) is 26.0 Å². The van der Waals surface area contributed by atoms with Crippen LogP contribution in [0.25, 0.3) is 45.0 Å². The van der Waals surface area contributed by atoms with Crippen LogP contribution < -0.4 is 0 Å².